The number of Topliss-reactive ketones (excluding diaryl/α,β-unsaturated/α-hetero) is 1. The highest BCUT2D eigenvalue weighted by atomic mass is 79.9. The van der Waals surface area contributed by atoms with Gasteiger partial charge in [0.1, 0.15) is 18.1 Å². The van der Waals surface area contributed by atoms with E-state index in [9.17, 15) is 14.7 Å². The molecule has 2 aromatic rings. The maximum Gasteiger partial charge on any atom is 0.264 e. The van der Waals surface area contributed by atoms with Crippen molar-refractivity contribution in [3.05, 3.63) is 58.1 Å². The molecule has 0 aliphatic carbocycles. The predicted molar refractivity (Wildman–Crippen MR) is 102 cm³/mol. The number of carbonyl (C=O) groups excluding carboxylic acids is 2. The fourth-order valence-electron chi connectivity index (χ4n) is 3.24. The van der Waals surface area contributed by atoms with Gasteiger partial charge in [-0.15, -0.1) is 0 Å². The molecule has 2 aromatic carbocycles. The van der Waals surface area contributed by atoms with E-state index in [0.29, 0.717) is 11.3 Å². The van der Waals surface area contributed by atoms with Gasteiger partial charge < -0.3 is 14.7 Å². The molecule has 26 heavy (non-hydrogen) atoms. The summed E-state index contributed by atoms with van der Waals surface area (Å²) in [4.78, 5) is 26.0. The van der Waals surface area contributed by atoms with Crippen LogP contribution in [0.1, 0.15) is 24.5 Å². The lowest BCUT2D eigenvalue weighted by atomic mass is 9.90. The molecule has 1 atom stereocenters. The number of fused-ring (bicyclic) bond motifs is 1. The van der Waals surface area contributed by atoms with Crippen LogP contribution in [0.4, 0.5) is 5.69 Å². The minimum Gasteiger partial charge on any atom is -0.491 e. The lowest BCUT2D eigenvalue weighted by Gasteiger charge is -2.22. The van der Waals surface area contributed by atoms with E-state index in [1.165, 1.54) is 11.8 Å². The number of benzene rings is 2. The zero-order valence-corrected chi connectivity index (χ0v) is 16.2. The Balaban J connectivity index is 1.83. The van der Waals surface area contributed by atoms with Crippen LogP contribution in [0.3, 0.4) is 0 Å². The number of rotatable bonds is 6. The Kier molecular flexibility index (Phi) is 5.16. The van der Waals surface area contributed by atoms with Crippen molar-refractivity contribution in [1.82, 2.24) is 0 Å². The smallest absolute Gasteiger partial charge is 0.264 e. The average molecular weight is 418 g/mol. The first kappa shape index (κ1) is 18.6. The zero-order chi connectivity index (χ0) is 18.9. The molecule has 6 heteroatoms. The Morgan fingerprint density at radius 1 is 1.27 bits per heavy atom. The van der Waals surface area contributed by atoms with Crippen LogP contribution in [0.25, 0.3) is 0 Å². The summed E-state index contributed by atoms with van der Waals surface area (Å²) in [5.41, 5.74) is 0.240. The lowest BCUT2D eigenvalue weighted by Crippen LogP contribution is -2.43. The number of anilines is 1. The van der Waals surface area contributed by atoms with E-state index < -0.39 is 11.5 Å². The SMILES string of the molecule is CC(=O)CC1(O)C(=O)N(CCOc2ccccc2C)c2ccc(Br)cc21. The standard InChI is InChI=1S/C20H20BrNO4/c1-13-5-3-4-6-18(13)26-10-9-22-17-8-7-15(21)11-16(17)20(25,19(22)24)12-14(2)23/h3-8,11,25H,9-10,12H2,1-2H3. The van der Waals surface area contributed by atoms with Crippen molar-refractivity contribution in [3.63, 3.8) is 0 Å². The predicted octanol–water partition coefficient (Wildman–Crippen LogP) is 3.35. The molecule has 0 spiro atoms. The Morgan fingerprint density at radius 3 is 2.69 bits per heavy atom. The van der Waals surface area contributed by atoms with Gasteiger partial charge in [-0.1, -0.05) is 34.1 Å². The quantitative estimate of drug-likeness (QED) is 0.782. The van der Waals surface area contributed by atoms with Gasteiger partial charge >= 0.3 is 0 Å². The summed E-state index contributed by atoms with van der Waals surface area (Å²) < 4.78 is 6.52. The van der Waals surface area contributed by atoms with Gasteiger partial charge in [0, 0.05) is 16.5 Å². The molecule has 1 heterocycles. The van der Waals surface area contributed by atoms with Crippen molar-refractivity contribution in [3.8, 4) is 5.75 Å². The molecule has 0 bridgehead atoms. The number of para-hydroxylation sites is 1. The van der Waals surface area contributed by atoms with Crippen LogP contribution in [0.5, 0.6) is 5.75 Å². The van der Waals surface area contributed by atoms with Crippen LogP contribution in [0.2, 0.25) is 0 Å². The maximum atomic E-state index is 12.9. The van der Waals surface area contributed by atoms with Crippen molar-refractivity contribution in [2.45, 2.75) is 25.9 Å². The van der Waals surface area contributed by atoms with E-state index in [4.69, 9.17) is 4.74 Å². The number of carbonyl (C=O) groups is 2. The van der Waals surface area contributed by atoms with Gasteiger partial charge in [-0.2, -0.15) is 0 Å². The molecule has 0 fully saturated rings. The molecule has 0 radical (unpaired) electrons. The molecule has 0 saturated carbocycles. The van der Waals surface area contributed by atoms with Gasteiger partial charge in [0.25, 0.3) is 5.91 Å². The fraction of sp³-hybridized carbons (Fsp3) is 0.300. The number of hydrogen-bond acceptors (Lipinski definition) is 4. The zero-order valence-electron chi connectivity index (χ0n) is 14.7. The highest BCUT2D eigenvalue weighted by Crippen LogP contribution is 2.43. The highest BCUT2D eigenvalue weighted by Gasteiger charge is 2.50. The second kappa shape index (κ2) is 7.21. The third kappa shape index (κ3) is 3.39. The van der Waals surface area contributed by atoms with E-state index in [-0.39, 0.29) is 25.4 Å². The number of aryl methyl sites for hydroxylation is 1. The monoisotopic (exact) mass is 417 g/mol. The molecule has 1 aliphatic rings. The summed E-state index contributed by atoms with van der Waals surface area (Å²) in [6.45, 7) is 3.88. The van der Waals surface area contributed by atoms with Crippen LogP contribution >= 0.6 is 15.9 Å². The van der Waals surface area contributed by atoms with Crippen molar-refractivity contribution >= 4 is 33.3 Å². The Morgan fingerprint density at radius 2 is 2.00 bits per heavy atom. The molecule has 1 N–H and O–H groups in total. The summed E-state index contributed by atoms with van der Waals surface area (Å²) in [6.07, 6.45) is -0.246. The second-order valence-corrected chi connectivity index (χ2v) is 7.39. The van der Waals surface area contributed by atoms with E-state index in [1.807, 2.05) is 31.2 Å². The van der Waals surface area contributed by atoms with Crippen LogP contribution in [-0.2, 0) is 15.2 Å². The van der Waals surface area contributed by atoms with Crippen molar-refractivity contribution in [2.75, 3.05) is 18.1 Å². The number of hydrogen-bond donors (Lipinski definition) is 1. The molecule has 0 saturated heterocycles. The van der Waals surface area contributed by atoms with Crippen LogP contribution in [-0.4, -0.2) is 29.9 Å². The van der Waals surface area contributed by atoms with Crippen LogP contribution in [0, 0.1) is 6.92 Å². The van der Waals surface area contributed by atoms with E-state index in [0.717, 1.165) is 15.8 Å². The molecule has 3 rings (SSSR count). The number of nitrogens with zero attached hydrogens (tertiary/aromatic N) is 1. The first-order valence-corrected chi connectivity index (χ1v) is 9.14. The molecule has 1 unspecified atom stereocenters. The fourth-order valence-corrected chi connectivity index (χ4v) is 3.60. The summed E-state index contributed by atoms with van der Waals surface area (Å²) in [6, 6.07) is 12.9. The van der Waals surface area contributed by atoms with Gasteiger partial charge in [-0.3, -0.25) is 9.59 Å². The number of ketones is 1. The number of halogens is 1. The molecule has 1 aliphatic heterocycles. The first-order valence-electron chi connectivity index (χ1n) is 8.35. The molecule has 1 amide bonds. The normalized spacial score (nSPS) is 18.8. The molecular formula is C20H20BrNO4. The third-order valence-corrected chi connectivity index (χ3v) is 4.96. The van der Waals surface area contributed by atoms with Gasteiger partial charge in [0.2, 0.25) is 0 Å². The van der Waals surface area contributed by atoms with Crippen LogP contribution < -0.4 is 9.64 Å². The summed E-state index contributed by atoms with van der Waals surface area (Å²) in [5, 5.41) is 11.0. The second-order valence-electron chi connectivity index (χ2n) is 6.47. The van der Waals surface area contributed by atoms with Gasteiger partial charge in [-0.25, -0.2) is 0 Å². The van der Waals surface area contributed by atoms with Crippen molar-refractivity contribution in [1.29, 1.82) is 0 Å². The summed E-state index contributed by atoms with van der Waals surface area (Å²) in [7, 11) is 0. The molecule has 5 nitrogen and oxygen atoms in total. The topological polar surface area (TPSA) is 66.8 Å². The minimum absolute atomic E-state index is 0.246. The Labute approximate surface area is 160 Å². The Hall–Kier alpha value is -2.18. The number of ether oxygens (including phenoxy) is 1. The van der Waals surface area contributed by atoms with Gasteiger partial charge in [0.05, 0.1) is 12.2 Å². The van der Waals surface area contributed by atoms with Crippen molar-refractivity contribution in [2.24, 2.45) is 0 Å². The first-order chi connectivity index (χ1) is 12.3. The summed E-state index contributed by atoms with van der Waals surface area (Å²) >= 11 is 3.36. The lowest BCUT2D eigenvalue weighted by molar-refractivity contribution is -0.141. The third-order valence-electron chi connectivity index (χ3n) is 4.46. The van der Waals surface area contributed by atoms with E-state index in [2.05, 4.69) is 15.9 Å². The van der Waals surface area contributed by atoms with E-state index >= 15 is 0 Å². The minimum atomic E-state index is -1.83. The van der Waals surface area contributed by atoms with E-state index in [1.54, 1.807) is 18.2 Å². The number of amides is 1. The molecule has 136 valence electrons. The molecule has 0 aromatic heterocycles. The Bertz CT molecular complexity index is 867. The van der Waals surface area contributed by atoms with Gasteiger partial charge in [-0.05, 0) is 43.7 Å². The van der Waals surface area contributed by atoms with Gasteiger partial charge in [0.15, 0.2) is 5.60 Å². The largest absolute Gasteiger partial charge is 0.491 e. The maximum absolute atomic E-state index is 12.9. The summed E-state index contributed by atoms with van der Waals surface area (Å²) in [5.74, 6) is 0.0214. The molecular weight excluding hydrogens is 398 g/mol. The average Bonchev–Trinajstić information content (AvgIpc) is 2.77. The number of aliphatic hydroxyl groups is 1. The van der Waals surface area contributed by atoms with Crippen LogP contribution in [0.15, 0.2) is 46.9 Å². The van der Waals surface area contributed by atoms with Crippen molar-refractivity contribution < 1.29 is 19.4 Å². The highest BCUT2D eigenvalue weighted by molar-refractivity contribution is 9.10.